The molecule has 0 bridgehead atoms. The molecule has 194 valence electrons. The van der Waals surface area contributed by atoms with Crippen molar-refractivity contribution in [2.24, 2.45) is 0 Å². The smallest absolute Gasteiger partial charge is 0.243 e. The monoisotopic (exact) mass is 578 g/mol. The molecule has 0 aromatic heterocycles. The predicted octanol–water partition coefficient (Wildman–Crippen LogP) is 6.69. The normalized spacial score (nSPS) is 14.3. The van der Waals surface area contributed by atoms with E-state index >= 15 is 0 Å². The van der Waals surface area contributed by atoms with Crippen molar-refractivity contribution in [3.63, 3.8) is 0 Å². The fourth-order valence-electron chi connectivity index (χ4n) is 4.86. The minimum atomic E-state index is -0.575. The van der Waals surface area contributed by atoms with Gasteiger partial charge in [-0.15, -0.1) is 11.8 Å². The minimum absolute atomic E-state index is 0.0129. The van der Waals surface area contributed by atoms with E-state index in [0.717, 1.165) is 47.0 Å². The van der Waals surface area contributed by atoms with Crippen LogP contribution in [0.15, 0.2) is 83.3 Å². The van der Waals surface area contributed by atoms with Crippen LogP contribution in [0.4, 0.5) is 0 Å². The number of carbonyl (C=O) groups is 2. The molecule has 1 aliphatic rings. The van der Waals surface area contributed by atoms with E-state index in [1.807, 2.05) is 66.7 Å². The van der Waals surface area contributed by atoms with Crippen LogP contribution in [0.1, 0.15) is 47.9 Å². The maximum atomic E-state index is 13.8. The summed E-state index contributed by atoms with van der Waals surface area (Å²) < 4.78 is 0.960. The van der Waals surface area contributed by atoms with Crippen molar-refractivity contribution < 1.29 is 9.59 Å². The fraction of sp³-hybridized carbons (Fsp3) is 0.355. The highest BCUT2D eigenvalue weighted by Gasteiger charge is 2.32. The average molecular weight is 580 g/mol. The Kier molecular flexibility index (Phi) is 10.3. The van der Waals surface area contributed by atoms with Gasteiger partial charge in [0.1, 0.15) is 6.04 Å². The first-order valence-electron chi connectivity index (χ1n) is 13.0. The number of benzene rings is 3. The van der Waals surface area contributed by atoms with Crippen LogP contribution in [0.3, 0.4) is 0 Å². The zero-order valence-corrected chi connectivity index (χ0v) is 23.8. The summed E-state index contributed by atoms with van der Waals surface area (Å²) in [7, 11) is 0. The molecular formula is C31H35BrN2O2S. The second kappa shape index (κ2) is 13.8. The van der Waals surface area contributed by atoms with E-state index in [0.29, 0.717) is 18.7 Å². The van der Waals surface area contributed by atoms with E-state index in [1.54, 1.807) is 16.7 Å². The summed E-state index contributed by atoms with van der Waals surface area (Å²) in [5, 5.41) is 3.27. The molecule has 0 spiro atoms. The van der Waals surface area contributed by atoms with Gasteiger partial charge in [-0.25, -0.2) is 0 Å². The molecule has 1 atom stereocenters. The van der Waals surface area contributed by atoms with Gasteiger partial charge in [0.05, 0.1) is 5.75 Å². The Labute approximate surface area is 233 Å². The van der Waals surface area contributed by atoms with Gasteiger partial charge in [0, 0.05) is 29.2 Å². The number of rotatable bonds is 11. The van der Waals surface area contributed by atoms with Gasteiger partial charge < -0.3 is 10.2 Å². The van der Waals surface area contributed by atoms with Crippen LogP contribution in [0.25, 0.3) is 0 Å². The van der Waals surface area contributed by atoms with Gasteiger partial charge in [-0.1, -0.05) is 95.5 Å². The predicted molar refractivity (Wildman–Crippen MR) is 156 cm³/mol. The molecule has 6 heteroatoms. The van der Waals surface area contributed by atoms with Crippen molar-refractivity contribution in [1.82, 2.24) is 10.2 Å². The Morgan fingerprint density at radius 3 is 2.41 bits per heavy atom. The first-order chi connectivity index (χ1) is 18.0. The van der Waals surface area contributed by atoms with Crippen LogP contribution in [0.2, 0.25) is 0 Å². The zero-order valence-electron chi connectivity index (χ0n) is 21.4. The lowest BCUT2D eigenvalue weighted by Gasteiger charge is -2.32. The Bertz CT molecular complexity index is 1180. The van der Waals surface area contributed by atoms with E-state index in [2.05, 4.69) is 40.3 Å². The van der Waals surface area contributed by atoms with Crippen LogP contribution >= 0.6 is 27.7 Å². The number of hydrogen-bond donors (Lipinski definition) is 1. The molecule has 0 heterocycles. The van der Waals surface area contributed by atoms with Crippen molar-refractivity contribution in [2.75, 3.05) is 5.75 Å². The van der Waals surface area contributed by atoms with E-state index in [1.165, 1.54) is 11.1 Å². The number of nitrogens with one attached hydrogen (secondary N) is 1. The maximum absolute atomic E-state index is 13.8. The molecule has 1 unspecified atom stereocenters. The van der Waals surface area contributed by atoms with Crippen molar-refractivity contribution in [1.29, 1.82) is 0 Å². The first-order valence-corrected chi connectivity index (χ1v) is 14.9. The van der Waals surface area contributed by atoms with Gasteiger partial charge >= 0.3 is 0 Å². The van der Waals surface area contributed by atoms with Crippen LogP contribution in [0.5, 0.6) is 0 Å². The third-order valence-corrected chi connectivity index (χ3v) is 8.42. The number of hydrogen-bond acceptors (Lipinski definition) is 3. The molecule has 3 aromatic carbocycles. The SMILES string of the molecule is Cc1ccccc1CSCC(=O)N(Cc1cccc(Br)c1)C(Cc1ccccc1)C(=O)NC1CCCC1. The third kappa shape index (κ3) is 8.21. The highest BCUT2D eigenvalue weighted by Crippen LogP contribution is 2.22. The molecule has 1 aliphatic carbocycles. The molecule has 1 fully saturated rings. The second-order valence-electron chi connectivity index (χ2n) is 9.77. The van der Waals surface area contributed by atoms with Crippen molar-refractivity contribution in [3.8, 4) is 0 Å². The molecule has 3 aromatic rings. The minimum Gasteiger partial charge on any atom is -0.352 e. The van der Waals surface area contributed by atoms with Crippen LogP contribution in [-0.4, -0.2) is 34.6 Å². The molecule has 2 amide bonds. The van der Waals surface area contributed by atoms with Gasteiger partial charge in [-0.2, -0.15) is 0 Å². The Balaban J connectivity index is 1.57. The summed E-state index contributed by atoms with van der Waals surface area (Å²) in [4.78, 5) is 29.3. The van der Waals surface area contributed by atoms with Gasteiger partial charge in [0.15, 0.2) is 0 Å². The second-order valence-corrected chi connectivity index (χ2v) is 11.7. The lowest BCUT2D eigenvalue weighted by molar-refractivity contribution is -0.139. The molecule has 0 aliphatic heterocycles. The number of amides is 2. The molecule has 0 saturated heterocycles. The summed E-state index contributed by atoms with van der Waals surface area (Å²) in [5.74, 6) is 1.02. The molecule has 1 saturated carbocycles. The average Bonchev–Trinajstić information content (AvgIpc) is 3.41. The zero-order chi connectivity index (χ0) is 26.0. The summed E-state index contributed by atoms with van der Waals surface area (Å²) in [6, 6.07) is 25.9. The van der Waals surface area contributed by atoms with Crippen molar-refractivity contribution in [3.05, 3.63) is 106 Å². The Morgan fingerprint density at radius 2 is 1.68 bits per heavy atom. The first kappa shape index (κ1) is 27.5. The lowest BCUT2D eigenvalue weighted by Crippen LogP contribution is -2.52. The lowest BCUT2D eigenvalue weighted by atomic mass is 10.0. The van der Waals surface area contributed by atoms with Crippen LogP contribution in [0, 0.1) is 6.92 Å². The third-order valence-electron chi connectivity index (χ3n) is 6.96. The number of aryl methyl sites for hydroxylation is 1. The van der Waals surface area contributed by atoms with E-state index in [4.69, 9.17) is 0 Å². The van der Waals surface area contributed by atoms with E-state index in [9.17, 15) is 9.59 Å². The van der Waals surface area contributed by atoms with Crippen LogP contribution in [-0.2, 0) is 28.3 Å². The molecule has 1 N–H and O–H groups in total. The van der Waals surface area contributed by atoms with Crippen LogP contribution < -0.4 is 5.32 Å². The van der Waals surface area contributed by atoms with Crippen molar-refractivity contribution in [2.45, 2.75) is 63.4 Å². The molecule has 4 rings (SSSR count). The number of halogens is 1. The number of carbonyl (C=O) groups excluding carboxylic acids is 2. The molecular weight excluding hydrogens is 544 g/mol. The van der Waals surface area contributed by atoms with E-state index in [-0.39, 0.29) is 17.9 Å². The van der Waals surface area contributed by atoms with E-state index < -0.39 is 6.04 Å². The van der Waals surface area contributed by atoms with Gasteiger partial charge in [0.25, 0.3) is 0 Å². The quantitative estimate of drug-likeness (QED) is 0.276. The molecule has 0 radical (unpaired) electrons. The standard InChI is InChI=1S/C31H35BrN2O2S/c1-23-10-5-6-14-26(23)21-37-22-30(35)34(20-25-13-9-15-27(32)18-25)29(19-24-11-3-2-4-12-24)31(36)33-28-16-7-8-17-28/h2-6,9-15,18,28-29H,7-8,16-17,19-22H2,1H3,(H,33,36). The Hall–Kier alpha value is -2.57. The largest absolute Gasteiger partial charge is 0.352 e. The van der Waals surface area contributed by atoms with Gasteiger partial charge in [-0.05, 0) is 54.2 Å². The summed E-state index contributed by atoms with van der Waals surface area (Å²) in [6.45, 7) is 2.49. The van der Waals surface area contributed by atoms with Gasteiger partial charge in [0.2, 0.25) is 11.8 Å². The van der Waals surface area contributed by atoms with Crippen molar-refractivity contribution >= 4 is 39.5 Å². The topological polar surface area (TPSA) is 49.4 Å². The Morgan fingerprint density at radius 1 is 0.973 bits per heavy atom. The molecule has 4 nitrogen and oxygen atoms in total. The fourth-order valence-corrected chi connectivity index (χ4v) is 6.29. The highest BCUT2D eigenvalue weighted by atomic mass is 79.9. The maximum Gasteiger partial charge on any atom is 0.243 e. The van der Waals surface area contributed by atoms with Gasteiger partial charge in [-0.3, -0.25) is 9.59 Å². The summed E-state index contributed by atoms with van der Waals surface area (Å²) in [5.41, 5.74) is 4.51. The number of thioether (sulfide) groups is 1. The summed E-state index contributed by atoms with van der Waals surface area (Å²) >= 11 is 5.16. The molecule has 37 heavy (non-hydrogen) atoms. The highest BCUT2D eigenvalue weighted by molar-refractivity contribution is 9.10. The number of nitrogens with zero attached hydrogens (tertiary/aromatic N) is 1. The summed E-state index contributed by atoms with van der Waals surface area (Å²) in [6.07, 6.45) is 4.79.